The van der Waals surface area contributed by atoms with Gasteiger partial charge in [-0.15, -0.1) is 0 Å². The van der Waals surface area contributed by atoms with Gasteiger partial charge in [0.05, 0.1) is 42.1 Å². The fourth-order valence-electron chi connectivity index (χ4n) is 3.73. The molecular weight excluding hydrogens is 423 g/mol. The molecule has 2 aromatic heterocycles. The summed E-state index contributed by atoms with van der Waals surface area (Å²) in [4.78, 5) is 4.59. The lowest BCUT2D eigenvalue weighted by molar-refractivity contribution is -0.0441. The van der Waals surface area contributed by atoms with Crippen LogP contribution >= 0.6 is 0 Å². The fraction of sp³-hybridized carbons (Fsp3) is 0.280. The van der Waals surface area contributed by atoms with Crippen LogP contribution in [0.25, 0.3) is 28.2 Å². The van der Waals surface area contributed by atoms with Crippen LogP contribution in [0.4, 0.5) is 10.1 Å². The second-order valence-electron chi connectivity index (χ2n) is 8.69. The number of anilines is 1. The Morgan fingerprint density at radius 3 is 2.39 bits per heavy atom. The summed E-state index contributed by atoms with van der Waals surface area (Å²) >= 11 is 0. The van der Waals surface area contributed by atoms with E-state index in [1.165, 1.54) is 12.1 Å². The number of hydrogen-bond acceptors (Lipinski definition) is 6. The maximum absolute atomic E-state index is 13.5. The molecule has 0 unspecified atom stereocenters. The molecule has 0 spiro atoms. The zero-order valence-corrected chi connectivity index (χ0v) is 18.5. The van der Waals surface area contributed by atoms with Crippen molar-refractivity contribution in [2.75, 3.05) is 25.1 Å². The van der Waals surface area contributed by atoms with Crippen LogP contribution < -0.4 is 5.32 Å². The number of benzene rings is 2. The summed E-state index contributed by atoms with van der Waals surface area (Å²) in [6.45, 7) is 4.98. The standard InChI is InChI=1S/C25H25FN4O3/c1-25(2,31)15-28-21-13-20(16-7-9-19(26)10-8-16)29-30-22(14-27-23(21)30)17-3-5-18(6-4-17)24-32-11-12-33-24/h3-10,13-14,24,28,31H,11-12,15H2,1-2H3. The van der Waals surface area contributed by atoms with Crippen LogP contribution in [0, 0.1) is 5.82 Å². The Morgan fingerprint density at radius 2 is 1.73 bits per heavy atom. The van der Waals surface area contributed by atoms with Crippen molar-refractivity contribution in [3.63, 3.8) is 0 Å². The Kier molecular flexibility index (Phi) is 5.57. The smallest absolute Gasteiger partial charge is 0.184 e. The van der Waals surface area contributed by atoms with Crippen LogP contribution in [-0.4, -0.2) is 45.1 Å². The van der Waals surface area contributed by atoms with Crippen LogP contribution in [0.3, 0.4) is 0 Å². The van der Waals surface area contributed by atoms with Crippen LogP contribution in [0.2, 0.25) is 0 Å². The summed E-state index contributed by atoms with van der Waals surface area (Å²) in [7, 11) is 0. The summed E-state index contributed by atoms with van der Waals surface area (Å²) in [5, 5.41) is 18.3. The molecule has 170 valence electrons. The molecule has 4 aromatic rings. The van der Waals surface area contributed by atoms with Gasteiger partial charge in [0, 0.05) is 23.2 Å². The molecule has 0 radical (unpaired) electrons. The number of aromatic nitrogens is 3. The second-order valence-corrected chi connectivity index (χ2v) is 8.69. The van der Waals surface area contributed by atoms with Gasteiger partial charge in [-0.3, -0.25) is 0 Å². The molecule has 1 saturated heterocycles. The predicted molar refractivity (Wildman–Crippen MR) is 123 cm³/mol. The number of nitrogens with one attached hydrogen (secondary N) is 1. The zero-order chi connectivity index (χ0) is 23.0. The zero-order valence-electron chi connectivity index (χ0n) is 18.5. The molecule has 0 saturated carbocycles. The maximum atomic E-state index is 13.5. The van der Waals surface area contributed by atoms with E-state index in [4.69, 9.17) is 14.6 Å². The minimum absolute atomic E-state index is 0.307. The van der Waals surface area contributed by atoms with Crippen molar-refractivity contribution in [1.29, 1.82) is 0 Å². The summed E-state index contributed by atoms with van der Waals surface area (Å²) in [6.07, 6.45) is 1.44. The van der Waals surface area contributed by atoms with E-state index in [0.717, 1.165) is 28.1 Å². The van der Waals surface area contributed by atoms with E-state index in [0.29, 0.717) is 31.1 Å². The molecule has 8 heteroatoms. The van der Waals surface area contributed by atoms with Gasteiger partial charge in [0.15, 0.2) is 11.9 Å². The normalized spacial score (nSPS) is 14.8. The lowest BCUT2D eigenvalue weighted by atomic mass is 10.1. The average Bonchev–Trinajstić information content (AvgIpc) is 3.48. The Bertz CT molecular complexity index is 1260. The SMILES string of the molecule is CC(C)(O)CNc1cc(-c2ccc(F)cc2)nn2c(-c3ccc(C4OCCO4)cc3)cnc12. The van der Waals surface area contributed by atoms with Crippen molar-refractivity contribution in [3.05, 3.63) is 72.2 Å². The van der Waals surface area contributed by atoms with E-state index in [-0.39, 0.29) is 12.1 Å². The predicted octanol–water partition coefficient (Wildman–Crippen LogP) is 4.43. The van der Waals surface area contributed by atoms with Crippen molar-refractivity contribution >= 4 is 11.3 Å². The maximum Gasteiger partial charge on any atom is 0.184 e. The number of imidazole rings is 1. The highest BCUT2D eigenvalue weighted by atomic mass is 19.1. The van der Waals surface area contributed by atoms with Crippen molar-refractivity contribution in [2.45, 2.75) is 25.7 Å². The summed E-state index contributed by atoms with van der Waals surface area (Å²) in [5.41, 5.74) is 4.57. The minimum atomic E-state index is -0.911. The van der Waals surface area contributed by atoms with Crippen LogP contribution in [-0.2, 0) is 9.47 Å². The average molecular weight is 448 g/mol. The molecule has 0 atom stereocenters. The highest BCUT2D eigenvalue weighted by Crippen LogP contribution is 2.30. The highest BCUT2D eigenvalue weighted by molar-refractivity contribution is 5.77. The van der Waals surface area contributed by atoms with Crippen LogP contribution in [0.1, 0.15) is 25.7 Å². The van der Waals surface area contributed by atoms with Gasteiger partial charge in [0.25, 0.3) is 0 Å². The monoisotopic (exact) mass is 448 g/mol. The quantitative estimate of drug-likeness (QED) is 0.454. The number of nitrogens with zero attached hydrogens (tertiary/aromatic N) is 3. The number of ether oxygens (including phenoxy) is 2. The number of fused-ring (bicyclic) bond motifs is 1. The minimum Gasteiger partial charge on any atom is -0.389 e. The van der Waals surface area contributed by atoms with Gasteiger partial charge >= 0.3 is 0 Å². The van der Waals surface area contributed by atoms with Crippen LogP contribution in [0.5, 0.6) is 0 Å². The molecule has 5 rings (SSSR count). The van der Waals surface area contributed by atoms with Gasteiger partial charge in [-0.25, -0.2) is 13.9 Å². The number of hydrogen-bond donors (Lipinski definition) is 2. The van der Waals surface area contributed by atoms with Gasteiger partial charge < -0.3 is 19.9 Å². The van der Waals surface area contributed by atoms with E-state index >= 15 is 0 Å². The molecule has 7 nitrogen and oxygen atoms in total. The van der Waals surface area contributed by atoms with Gasteiger partial charge in [-0.2, -0.15) is 5.10 Å². The first-order chi connectivity index (χ1) is 15.9. The third kappa shape index (κ3) is 4.59. The van der Waals surface area contributed by atoms with Crippen molar-refractivity contribution < 1.29 is 19.0 Å². The van der Waals surface area contributed by atoms with Crippen molar-refractivity contribution in [2.24, 2.45) is 0 Å². The van der Waals surface area contributed by atoms with Crippen molar-refractivity contribution in [3.8, 4) is 22.5 Å². The Labute approximate surface area is 190 Å². The topological polar surface area (TPSA) is 80.9 Å². The lowest BCUT2D eigenvalue weighted by Gasteiger charge is -2.19. The lowest BCUT2D eigenvalue weighted by Crippen LogP contribution is -2.29. The van der Waals surface area contributed by atoms with Gasteiger partial charge in [0.2, 0.25) is 0 Å². The molecular formula is C25H25FN4O3. The second kappa shape index (κ2) is 8.55. The van der Waals surface area contributed by atoms with Crippen LogP contribution in [0.15, 0.2) is 60.8 Å². The van der Waals surface area contributed by atoms with E-state index in [2.05, 4.69) is 10.3 Å². The molecule has 2 aromatic carbocycles. The molecule has 1 aliphatic heterocycles. The Hall–Kier alpha value is -3.33. The summed E-state index contributed by atoms with van der Waals surface area (Å²) < 4.78 is 26.4. The van der Waals surface area contributed by atoms with E-state index in [1.807, 2.05) is 30.3 Å². The van der Waals surface area contributed by atoms with E-state index in [1.54, 1.807) is 36.7 Å². The molecule has 0 aliphatic carbocycles. The van der Waals surface area contributed by atoms with E-state index in [9.17, 15) is 9.50 Å². The highest BCUT2D eigenvalue weighted by Gasteiger charge is 2.20. The molecule has 33 heavy (non-hydrogen) atoms. The third-order valence-corrected chi connectivity index (χ3v) is 5.42. The molecule has 1 fully saturated rings. The van der Waals surface area contributed by atoms with Gasteiger partial charge in [-0.05, 0) is 44.2 Å². The molecule has 0 amide bonds. The molecule has 0 bridgehead atoms. The molecule has 2 N–H and O–H groups in total. The fourth-order valence-corrected chi connectivity index (χ4v) is 3.73. The number of aliphatic hydroxyl groups is 1. The van der Waals surface area contributed by atoms with Gasteiger partial charge in [-0.1, -0.05) is 24.3 Å². The van der Waals surface area contributed by atoms with Gasteiger partial charge in [0.1, 0.15) is 5.82 Å². The number of halogens is 1. The summed E-state index contributed by atoms with van der Waals surface area (Å²) in [6, 6.07) is 16.0. The molecule has 1 aliphatic rings. The van der Waals surface area contributed by atoms with E-state index < -0.39 is 5.60 Å². The first-order valence-corrected chi connectivity index (χ1v) is 10.8. The number of rotatable bonds is 6. The first-order valence-electron chi connectivity index (χ1n) is 10.8. The summed E-state index contributed by atoms with van der Waals surface area (Å²) in [5.74, 6) is -0.307. The van der Waals surface area contributed by atoms with Crippen molar-refractivity contribution in [1.82, 2.24) is 14.6 Å². The Balaban J connectivity index is 1.58. The largest absolute Gasteiger partial charge is 0.389 e. The molecule has 3 heterocycles. The Morgan fingerprint density at radius 1 is 1.06 bits per heavy atom. The first kappa shape index (κ1) is 21.5. The third-order valence-electron chi connectivity index (χ3n) is 5.42.